The quantitative estimate of drug-likeness (QED) is 0.851. The lowest BCUT2D eigenvalue weighted by Crippen LogP contribution is -2.27. The second kappa shape index (κ2) is 6.37. The number of thiocarbonyl (C=S) groups is 1. The fourth-order valence-electron chi connectivity index (χ4n) is 2.04. The van der Waals surface area contributed by atoms with Gasteiger partial charge in [-0.05, 0) is 35.9 Å². The van der Waals surface area contributed by atoms with Crippen LogP contribution in [0.1, 0.15) is 15.9 Å². The maximum absolute atomic E-state index is 12.6. The van der Waals surface area contributed by atoms with Gasteiger partial charge in [0.1, 0.15) is 5.75 Å². The summed E-state index contributed by atoms with van der Waals surface area (Å²) in [6.07, 6.45) is 0.390. The third-order valence-corrected chi connectivity index (χ3v) is 3.30. The van der Waals surface area contributed by atoms with E-state index in [1.165, 1.54) is 4.90 Å². The van der Waals surface area contributed by atoms with Gasteiger partial charge in [0.2, 0.25) is 0 Å². The van der Waals surface area contributed by atoms with Gasteiger partial charge in [-0.15, -0.1) is 0 Å². The highest BCUT2D eigenvalue weighted by molar-refractivity contribution is 7.80. The Morgan fingerprint density at radius 1 is 1.19 bits per heavy atom. The van der Waals surface area contributed by atoms with E-state index in [9.17, 15) is 9.90 Å². The molecule has 2 aromatic carbocycles. The van der Waals surface area contributed by atoms with Crippen LogP contribution in [0.15, 0.2) is 48.5 Å². The van der Waals surface area contributed by atoms with E-state index in [4.69, 9.17) is 18.0 Å². The highest BCUT2D eigenvalue weighted by atomic mass is 32.1. The first kappa shape index (κ1) is 15.0. The Labute approximate surface area is 128 Å². The minimum absolute atomic E-state index is 0.146. The molecule has 0 aromatic heterocycles. The van der Waals surface area contributed by atoms with Gasteiger partial charge < -0.3 is 15.7 Å². The number of amides is 1. The first-order valence-corrected chi connectivity index (χ1v) is 6.83. The largest absolute Gasteiger partial charge is 0.508 e. The summed E-state index contributed by atoms with van der Waals surface area (Å²) in [6, 6.07) is 13.7. The summed E-state index contributed by atoms with van der Waals surface area (Å²) in [6.45, 7) is 0. The van der Waals surface area contributed by atoms with Crippen LogP contribution in [-0.4, -0.2) is 23.0 Å². The lowest BCUT2D eigenvalue weighted by atomic mass is 10.0. The van der Waals surface area contributed by atoms with Crippen molar-refractivity contribution in [2.75, 3.05) is 11.9 Å². The van der Waals surface area contributed by atoms with Gasteiger partial charge in [-0.2, -0.15) is 0 Å². The Bertz CT molecular complexity index is 668. The number of aromatic hydroxyl groups is 1. The molecule has 0 saturated heterocycles. The molecule has 1 amide bonds. The monoisotopic (exact) mass is 300 g/mol. The van der Waals surface area contributed by atoms with Gasteiger partial charge in [-0.3, -0.25) is 4.79 Å². The average Bonchev–Trinajstić information content (AvgIpc) is 2.46. The summed E-state index contributed by atoms with van der Waals surface area (Å²) in [5, 5.41) is 9.31. The van der Waals surface area contributed by atoms with Crippen LogP contribution in [0.2, 0.25) is 0 Å². The molecule has 2 aromatic rings. The van der Waals surface area contributed by atoms with Crippen molar-refractivity contribution in [3.05, 3.63) is 59.7 Å². The smallest absolute Gasteiger partial charge is 0.258 e. The molecule has 0 aliphatic heterocycles. The van der Waals surface area contributed by atoms with Crippen LogP contribution in [0.3, 0.4) is 0 Å². The van der Waals surface area contributed by atoms with Gasteiger partial charge in [0, 0.05) is 24.7 Å². The molecular formula is C16H16N2O2S. The minimum atomic E-state index is -0.146. The number of benzene rings is 2. The summed E-state index contributed by atoms with van der Waals surface area (Å²) in [5.41, 5.74) is 7.65. The second-order valence-corrected chi connectivity index (χ2v) is 5.21. The first-order chi connectivity index (χ1) is 9.99. The highest BCUT2D eigenvalue weighted by Crippen LogP contribution is 2.20. The Hall–Kier alpha value is -2.40. The third-order valence-electron chi connectivity index (χ3n) is 3.15. The van der Waals surface area contributed by atoms with Crippen LogP contribution >= 0.6 is 12.2 Å². The maximum Gasteiger partial charge on any atom is 0.258 e. The number of rotatable bonds is 4. The van der Waals surface area contributed by atoms with Crippen molar-refractivity contribution in [3.8, 4) is 5.75 Å². The summed E-state index contributed by atoms with van der Waals surface area (Å²) >= 11 is 4.92. The predicted octanol–water partition coefficient (Wildman–Crippen LogP) is 2.50. The van der Waals surface area contributed by atoms with Gasteiger partial charge in [0.15, 0.2) is 0 Å². The van der Waals surface area contributed by atoms with E-state index >= 15 is 0 Å². The molecule has 0 aliphatic rings. The normalized spacial score (nSPS) is 10.1. The maximum atomic E-state index is 12.6. The van der Waals surface area contributed by atoms with E-state index < -0.39 is 0 Å². The van der Waals surface area contributed by atoms with Crippen molar-refractivity contribution in [2.24, 2.45) is 5.73 Å². The lowest BCUT2D eigenvalue weighted by Gasteiger charge is -2.19. The van der Waals surface area contributed by atoms with Gasteiger partial charge in [0.05, 0.1) is 4.99 Å². The Morgan fingerprint density at radius 3 is 2.43 bits per heavy atom. The van der Waals surface area contributed by atoms with Crippen LogP contribution in [0, 0.1) is 0 Å². The lowest BCUT2D eigenvalue weighted by molar-refractivity contribution is 0.0992. The van der Waals surface area contributed by atoms with E-state index in [1.54, 1.807) is 43.4 Å². The van der Waals surface area contributed by atoms with Gasteiger partial charge >= 0.3 is 0 Å². The van der Waals surface area contributed by atoms with Crippen molar-refractivity contribution in [1.29, 1.82) is 0 Å². The molecule has 21 heavy (non-hydrogen) atoms. The average molecular weight is 300 g/mol. The number of phenolic OH excluding ortho intramolecular Hbond substituents is 1. The summed E-state index contributed by atoms with van der Waals surface area (Å²) < 4.78 is 0. The third kappa shape index (κ3) is 3.58. The molecule has 5 heteroatoms. The zero-order valence-corrected chi connectivity index (χ0v) is 12.4. The molecule has 0 bridgehead atoms. The summed E-state index contributed by atoms with van der Waals surface area (Å²) in [4.78, 5) is 14.5. The van der Waals surface area contributed by atoms with E-state index in [2.05, 4.69) is 0 Å². The van der Waals surface area contributed by atoms with Gasteiger partial charge in [0.25, 0.3) is 5.91 Å². The molecule has 108 valence electrons. The number of hydrogen-bond donors (Lipinski definition) is 2. The second-order valence-electron chi connectivity index (χ2n) is 4.68. The Morgan fingerprint density at radius 2 is 1.81 bits per heavy atom. The van der Waals surface area contributed by atoms with E-state index in [0.717, 1.165) is 5.56 Å². The van der Waals surface area contributed by atoms with E-state index in [1.807, 2.05) is 12.1 Å². The van der Waals surface area contributed by atoms with Gasteiger partial charge in [-0.1, -0.05) is 30.4 Å². The van der Waals surface area contributed by atoms with Crippen molar-refractivity contribution >= 4 is 28.8 Å². The van der Waals surface area contributed by atoms with Crippen LogP contribution in [0.4, 0.5) is 5.69 Å². The number of nitrogens with zero attached hydrogens (tertiary/aromatic N) is 1. The summed E-state index contributed by atoms with van der Waals surface area (Å²) in [7, 11) is 1.69. The number of carbonyl (C=O) groups excluding carboxylic acids is 1. The fourth-order valence-corrected chi connectivity index (χ4v) is 2.20. The molecule has 4 nitrogen and oxygen atoms in total. The van der Waals surface area contributed by atoms with Gasteiger partial charge in [-0.25, -0.2) is 0 Å². The van der Waals surface area contributed by atoms with Crippen molar-refractivity contribution in [2.45, 2.75) is 6.42 Å². The van der Waals surface area contributed by atoms with Crippen LogP contribution in [-0.2, 0) is 6.42 Å². The molecule has 0 atom stereocenters. The standard InChI is InChI=1S/C16H16N2O2S/c1-18(12-6-8-13(19)9-7-12)16(20)14-5-3-2-4-11(14)10-15(17)21/h2-9,19H,10H2,1H3,(H2,17,21). The van der Waals surface area contributed by atoms with Crippen molar-refractivity contribution < 1.29 is 9.90 Å². The van der Waals surface area contributed by atoms with Crippen LogP contribution < -0.4 is 10.6 Å². The Balaban J connectivity index is 2.31. The minimum Gasteiger partial charge on any atom is -0.508 e. The molecule has 0 unspecified atom stereocenters. The first-order valence-electron chi connectivity index (χ1n) is 6.42. The molecule has 0 radical (unpaired) electrons. The molecule has 0 spiro atoms. The molecule has 0 fully saturated rings. The van der Waals surface area contributed by atoms with Crippen molar-refractivity contribution in [1.82, 2.24) is 0 Å². The van der Waals surface area contributed by atoms with Crippen LogP contribution in [0.25, 0.3) is 0 Å². The highest BCUT2D eigenvalue weighted by Gasteiger charge is 2.17. The molecule has 0 saturated carbocycles. The SMILES string of the molecule is CN(C(=O)c1ccccc1CC(N)=S)c1ccc(O)cc1. The Kier molecular flexibility index (Phi) is 4.55. The number of anilines is 1. The number of nitrogens with two attached hydrogens (primary N) is 1. The predicted molar refractivity (Wildman–Crippen MR) is 87.8 cm³/mol. The molecule has 0 aliphatic carbocycles. The van der Waals surface area contributed by atoms with Crippen LogP contribution in [0.5, 0.6) is 5.75 Å². The fraction of sp³-hybridized carbons (Fsp3) is 0.125. The zero-order chi connectivity index (χ0) is 15.4. The number of hydrogen-bond acceptors (Lipinski definition) is 3. The van der Waals surface area contributed by atoms with E-state index in [-0.39, 0.29) is 11.7 Å². The molecule has 3 N–H and O–H groups in total. The number of phenols is 1. The zero-order valence-electron chi connectivity index (χ0n) is 11.6. The topological polar surface area (TPSA) is 66.6 Å². The summed E-state index contributed by atoms with van der Waals surface area (Å²) in [5.74, 6) is 0.0148. The molecule has 0 heterocycles. The number of carbonyl (C=O) groups is 1. The molecule has 2 rings (SSSR count). The van der Waals surface area contributed by atoms with Crippen molar-refractivity contribution in [3.63, 3.8) is 0 Å². The molecular weight excluding hydrogens is 284 g/mol. The van der Waals surface area contributed by atoms with E-state index in [0.29, 0.717) is 22.7 Å².